The van der Waals surface area contributed by atoms with Crippen molar-refractivity contribution < 1.29 is 9.59 Å². The number of carbonyl (C=O) groups excluding carboxylic acids is 2. The molecule has 2 aliphatic rings. The molecule has 6 nitrogen and oxygen atoms in total. The number of rotatable bonds is 3. The standard InChI is InChI=1S/C27H24N4O2S/c1-30-11-13-31(14-12-30)22-7-5-21(6-8-22)28-17-25-24-16-19(2-3-20-10-15-34-18-20)4-9-23(24)26(32)29-27(25)33/h4-10,15-18,28H,11-14H2,1H3,(H,29,32,33)/b25-17-. The van der Waals surface area contributed by atoms with Crippen LogP contribution in [0.5, 0.6) is 0 Å². The van der Waals surface area contributed by atoms with Crippen molar-refractivity contribution in [2.45, 2.75) is 0 Å². The quantitative estimate of drug-likeness (QED) is 0.349. The van der Waals surface area contributed by atoms with E-state index >= 15 is 0 Å². The highest BCUT2D eigenvalue weighted by Gasteiger charge is 2.27. The van der Waals surface area contributed by atoms with Crippen molar-refractivity contribution in [1.29, 1.82) is 0 Å². The molecule has 3 aromatic rings. The fraction of sp³-hybridized carbons (Fsp3) is 0.185. The summed E-state index contributed by atoms with van der Waals surface area (Å²) in [5.41, 5.74) is 5.17. The van der Waals surface area contributed by atoms with Gasteiger partial charge in [-0.05, 0) is 61.0 Å². The van der Waals surface area contributed by atoms with Gasteiger partial charge < -0.3 is 15.1 Å². The van der Waals surface area contributed by atoms with Crippen LogP contribution in [0.1, 0.15) is 27.0 Å². The molecule has 0 radical (unpaired) electrons. The monoisotopic (exact) mass is 468 g/mol. The van der Waals surface area contributed by atoms with Gasteiger partial charge in [0.15, 0.2) is 0 Å². The topological polar surface area (TPSA) is 64.7 Å². The van der Waals surface area contributed by atoms with E-state index in [1.54, 1.807) is 35.7 Å². The highest BCUT2D eigenvalue weighted by molar-refractivity contribution is 7.08. The number of amides is 2. The van der Waals surface area contributed by atoms with Gasteiger partial charge in [0.25, 0.3) is 11.8 Å². The summed E-state index contributed by atoms with van der Waals surface area (Å²) in [4.78, 5) is 29.7. The number of benzene rings is 2. The van der Waals surface area contributed by atoms with Crippen molar-refractivity contribution in [1.82, 2.24) is 10.2 Å². The number of nitrogens with zero attached hydrogens (tertiary/aromatic N) is 2. The average molecular weight is 469 g/mol. The summed E-state index contributed by atoms with van der Waals surface area (Å²) in [5, 5.41) is 9.59. The largest absolute Gasteiger partial charge is 0.369 e. The predicted octanol–water partition coefficient (Wildman–Crippen LogP) is 3.62. The van der Waals surface area contributed by atoms with Gasteiger partial charge in [-0.3, -0.25) is 14.9 Å². The van der Waals surface area contributed by atoms with Crippen molar-refractivity contribution in [3.8, 4) is 11.8 Å². The van der Waals surface area contributed by atoms with E-state index in [0.717, 1.165) is 43.0 Å². The number of fused-ring (bicyclic) bond motifs is 1. The van der Waals surface area contributed by atoms with Crippen LogP contribution in [0.25, 0.3) is 5.57 Å². The number of piperazine rings is 1. The Morgan fingerprint density at radius 1 is 0.912 bits per heavy atom. The molecule has 3 heterocycles. The molecule has 1 aromatic heterocycles. The van der Waals surface area contributed by atoms with Crippen LogP contribution in [0.3, 0.4) is 0 Å². The molecule has 170 valence electrons. The second-order valence-electron chi connectivity index (χ2n) is 8.35. The first-order chi connectivity index (χ1) is 16.6. The molecule has 2 N–H and O–H groups in total. The van der Waals surface area contributed by atoms with Crippen molar-refractivity contribution >= 4 is 40.1 Å². The van der Waals surface area contributed by atoms with Crippen LogP contribution >= 0.6 is 11.3 Å². The second kappa shape index (κ2) is 9.56. The minimum atomic E-state index is -0.429. The van der Waals surface area contributed by atoms with Crippen LogP contribution < -0.4 is 15.5 Å². The zero-order valence-electron chi connectivity index (χ0n) is 18.8. The number of carbonyl (C=O) groups is 2. The van der Waals surface area contributed by atoms with Gasteiger partial charge in [-0.2, -0.15) is 11.3 Å². The molecule has 5 rings (SSSR count). The van der Waals surface area contributed by atoms with Crippen LogP contribution in [-0.2, 0) is 4.79 Å². The van der Waals surface area contributed by atoms with Crippen molar-refractivity contribution in [2.24, 2.45) is 0 Å². The Labute approximate surface area is 202 Å². The van der Waals surface area contributed by atoms with Gasteiger partial charge in [-0.1, -0.05) is 11.8 Å². The van der Waals surface area contributed by atoms with Crippen molar-refractivity contribution in [3.05, 3.63) is 87.7 Å². The molecule has 34 heavy (non-hydrogen) atoms. The zero-order chi connectivity index (χ0) is 23.5. The maximum absolute atomic E-state index is 12.6. The van der Waals surface area contributed by atoms with Gasteiger partial charge in [0.05, 0.1) is 5.57 Å². The first-order valence-electron chi connectivity index (χ1n) is 11.1. The lowest BCUT2D eigenvalue weighted by atomic mass is 9.93. The molecule has 2 amide bonds. The Balaban J connectivity index is 1.37. The summed E-state index contributed by atoms with van der Waals surface area (Å²) < 4.78 is 0. The molecule has 0 atom stereocenters. The molecule has 2 aliphatic heterocycles. The molecular formula is C27H24N4O2S. The smallest absolute Gasteiger partial charge is 0.260 e. The van der Waals surface area contributed by atoms with Crippen LogP contribution in [0.2, 0.25) is 0 Å². The Hall–Kier alpha value is -3.86. The van der Waals surface area contributed by atoms with Crippen LogP contribution in [0.4, 0.5) is 11.4 Å². The highest BCUT2D eigenvalue weighted by atomic mass is 32.1. The number of hydrogen-bond donors (Lipinski definition) is 2. The van der Waals surface area contributed by atoms with Gasteiger partial charge in [0, 0.05) is 71.4 Å². The number of hydrogen-bond acceptors (Lipinski definition) is 6. The summed E-state index contributed by atoms with van der Waals surface area (Å²) in [6.45, 7) is 4.13. The molecule has 0 bridgehead atoms. The first kappa shape index (κ1) is 22.0. The maximum atomic E-state index is 12.6. The van der Waals surface area contributed by atoms with Crippen LogP contribution in [0.15, 0.2) is 65.5 Å². The van der Waals surface area contributed by atoms with Crippen LogP contribution in [-0.4, -0.2) is 49.9 Å². The Morgan fingerprint density at radius 3 is 2.41 bits per heavy atom. The lowest BCUT2D eigenvalue weighted by Gasteiger charge is -2.34. The molecule has 2 aromatic carbocycles. The number of thiophene rings is 1. The van der Waals surface area contributed by atoms with E-state index in [4.69, 9.17) is 0 Å². The van der Waals surface area contributed by atoms with E-state index in [2.05, 4.69) is 51.5 Å². The third-order valence-corrected chi connectivity index (χ3v) is 6.70. The van der Waals surface area contributed by atoms with Crippen LogP contribution in [0, 0.1) is 11.8 Å². The third-order valence-electron chi connectivity index (χ3n) is 6.02. The summed E-state index contributed by atoms with van der Waals surface area (Å²) in [6, 6.07) is 15.4. The minimum absolute atomic E-state index is 0.397. The van der Waals surface area contributed by atoms with Gasteiger partial charge in [0.1, 0.15) is 0 Å². The summed E-state index contributed by atoms with van der Waals surface area (Å²) in [5.74, 6) is 5.40. The molecule has 7 heteroatoms. The highest BCUT2D eigenvalue weighted by Crippen LogP contribution is 2.26. The maximum Gasteiger partial charge on any atom is 0.260 e. The molecule has 0 aliphatic carbocycles. The molecule has 1 fully saturated rings. The number of likely N-dealkylation sites (N-methyl/N-ethyl adjacent to an activating group) is 1. The summed E-state index contributed by atoms with van der Waals surface area (Å²) in [6.07, 6.45) is 1.65. The van der Waals surface area contributed by atoms with Crippen molar-refractivity contribution in [3.63, 3.8) is 0 Å². The van der Waals surface area contributed by atoms with E-state index in [1.807, 2.05) is 29.0 Å². The van der Waals surface area contributed by atoms with E-state index in [9.17, 15) is 9.59 Å². The molecular weight excluding hydrogens is 444 g/mol. The number of anilines is 2. The Bertz CT molecular complexity index is 1310. The van der Waals surface area contributed by atoms with Crippen molar-refractivity contribution in [2.75, 3.05) is 43.4 Å². The first-order valence-corrected chi connectivity index (χ1v) is 12.1. The van der Waals surface area contributed by atoms with E-state index in [1.165, 1.54) is 5.69 Å². The Kier molecular flexibility index (Phi) is 6.17. The molecule has 0 unspecified atom stereocenters. The van der Waals surface area contributed by atoms with Gasteiger partial charge in [-0.25, -0.2) is 0 Å². The normalized spacial score (nSPS) is 17.1. The summed E-state index contributed by atoms with van der Waals surface area (Å²) in [7, 11) is 2.14. The third kappa shape index (κ3) is 4.74. The van der Waals surface area contributed by atoms with E-state index in [-0.39, 0.29) is 0 Å². The lowest BCUT2D eigenvalue weighted by molar-refractivity contribution is -0.114. The number of nitrogens with one attached hydrogen (secondary N) is 2. The molecule has 0 spiro atoms. The number of imide groups is 1. The molecule has 0 saturated carbocycles. The van der Waals surface area contributed by atoms with Gasteiger partial charge >= 0.3 is 0 Å². The fourth-order valence-corrected chi connectivity index (χ4v) is 4.60. The van der Waals surface area contributed by atoms with Gasteiger partial charge in [-0.15, -0.1) is 0 Å². The Morgan fingerprint density at radius 2 is 1.68 bits per heavy atom. The van der Waals surface area contributed by atoms with E-state index < -0.39 is 11.8 Å². The fourth-order valence-electron chi connectivity index (χ4n) is 4.01. The molecule has 1 saturated heterocycles. The SMILES string of the molecule is CN1CCN(c2ccc(N/C=C3\C(=O)NC(=O)c4ccc(C#Cc5ccsc5)cc43)cc2)CC1. The lowest BCUT2D eigenvalue weighted by Crippen LogP contribution is -2.44. The zero-order valence-corrected chi connectivity index (χ0v) is 19.6. The summed E-state index contributed by atoms with van der Waals surface area (Å²) >= 11 is 1.59. The minimum Gasteiger partial charge on any atom is -0.369 e. The average Bonchev–Trinajstić information content (AvgIpc) is 3.37. The van der Waals surface area contributed by atoms with E-state index in [0.29, 0.717) is 16.7 Å². The predicted molar refractivity (Wildman–Crippen MR) is 137 cm³/mol. The van der Waals surface area contributed by atoms with Gasteiger partial charge in [0.2, 0.25) is 0 Å². The second-order valence-corrected chi connectivity index (χ2v) is 9.13.